The molecule has 2 aliphatic heterocycles. The normalized spacial score (nSPS) is 26.1. The third-order valence-corrected chi connectivity index (χ3v) is 7.89. The van der Waals surface area contributed by atoms with Crippen molar-refractivity contribution in [1.82, 2.24) is 15.1 Å². The number of hydrogen-bond donors (Lipinski definition) is 1. The lowest BCUT2D eigenvalue weighted by atomic mass is 10.0. The summed E-state index contributed by atoms with van der Waals surface area (Å²) in [6, 6.07) is 10.5. The Kier molecular flexibility index (Phi) is 7.31. The first-order valence-corrected chi connectivity index (χ1v) is 12.4. The molecule has 4 rings (SSSR count). The van der Waals surface area contributed by atoms with Crippen molar-refractivity contribution in [2.75, 3.05) is 32.7 Å². The highest BCUT2D eigenvalue weighted by molar-refractivity contribution is 5.79. The fraction of sp³-hybridized carbons (Fsp3) is 0.692. The molecular weight excluding hydrogens is 386 g/mol. The minimum Gasteiger partial charge on any atom is -0.349 e. The Balaban J connectivity index is 1.30. The van der Waals surface area contributed by atoms with Crippen LogP contribution in [0, 0.1) is 23.7 Å². The van der Waals surface area contributed by atoms with Crippen molar-refractivity contribution < 1.29 is 9.59 Å². The molecule has 3 fully saturated rings. The number of benzene rings is 1. The van der Waals surface area contributed by atoms with E-state index in [-0.39, 0.29) is 23.8 Å². The fourth-order valence-corrected chi connectivity index (χ4v) is 5.74. The molecule has 1 aromatic rings. The van der Waals surface area contributed by atoms with Crippen LogP contribution in [0.5, 0.6) is 0 Å². The van der Waals surface area contributed by atoms with Crippen molar-refractivity contribution in [2.24, 2.45) is 23.7 Å². The number of carbonyl (C=O) groups excluding carboxylic acids is 2. The van der Waals surface area contributed by atoms with Crippen molar-refractivity contribution in [3.05, 3.63) is 35.9 Å². The van der Waals surface area contributed by atoms with Crippen LogP contribution in [0.1, 0.15) is 64.0 Å². The SMILES string of the molecule is CC[C@H](C)C(=O)N1CC2CN(CCC(NC(=O)C3CCCC3)c3ccccc3)CC2C1. The molecule has 31 heavy (non-hydrogen) atoms. The molecule has 170 valence electrons. The maximum absolute atomic E-state index is 12.8. The molecule has 4 atom stereocenters. The molecule has 0 aromatic heterocycles. The van der Waals surface area contributed by atoms with Gasteiger partial charge in [-0.3, -0.25) is 9.59 Å². The molecular formula is C26H39N3O2. The predicted octanol–water partition coefficient (Wildman–Crippen LogP) is 3.86. The quantitative estimate of drug-likeness (QED) is 0.688. The number of amides is 2. The third-order valence-electron chi connectivity index (χ3n) is 7.89. The first kappa shape index (κ1) is 22.3. The van der Waals surface area contributed by atoms with Crippen molar-refractivity contribution in [3.8, 4) is 0 Å². The van der Waals surface area contributed by atoms with Crippen LogP contribution in [-0.4, -0.2) is 54.3 Å². The van der Waals surface area contributed by atoms with E-state index in [0.29, 0.717) is 17.7 Å². The van der Waals surface area contributed by atoms with Crippen molar-refractivity contribution in [2.45, 2.75) is 58.4 Å². The lowest BCUT2D eigenvalue weighted by molar-refractivity contribution is -0.134. The van der Waals surface area contributed by atoms with E-state index in [9.17, 15) is 9.59 Å². The van der Waals surface area contributed by atoms with Crippen LogP contribution < -0.4 is 5.32 Å². The Labute approximate surface area is 187 Å². The summed E-state index contributed by atoms with van der Waals surface area (Å²) in [5, 5.41) is 3.37. The second-order valence-corrected chi connectivity index (χ2v) is 10.1. The van der Waals surface area contributed by atoms with E-state index in [4.69, 9.17) is 0 Å². The molecule has 1 N–H and O–H groups in total. The zero-order valence-corrected chi connectivity index (χ0v) is 19.3. The number of nitrogens with zero attached hydrogens (tertiary/aromatic N) is 2. The van der Waals surface area contributed by atoms with E-state index in [0.717, 1.165) is 58.4 Å². The molecule has 2 saturated heterocycles. The number of rotatable bonds is 8. The van der Waals surface area contributed by atoms with Gasteiger partial charge in [-0.05, 0) is 43.1 Å². The highest BCUT2D eigenvalue weighted by Gasteiger charge is 2.42. The number of likely N-dealkylation sites (tertiary alicyclic amines) is 2. The Hall–Kier alpha value is -1.88. The van der Waals surface area contributed by atoms with Gasteiger partial charge in [0.05, 0.1) is 6.04 Å². The number of fused-ring (bicyclic) bond motifs is 1. The summed E-state index contributed by atoms with van der Waals surface area (Å²) in [5.74, 6) is 2.13. The fourth-order valence-electron chi connectivity index (χ4n) is 5.74. The molecule has 0 spiro atoms. The minimum absolute atomic E-state index is 0.0817. The Morgan fingerprint density at radius 1 is 1.03 bits per heavy atom. The van der Waals surface area contributed by atoms with Gasteiger partial charge in [0.1, 0.15) is 0 Å². The van der Waals surface area contributed by atoms with E-state index in [1.807, 2.05) is 13.0 Å². The second kappa shape index (κ2) is 10.2. The van der Waals surface area contributed by atoms with Gasteiger partial charge in [0, 0.05) is 44.6 Å². The van der Waals surface area contributed by atoms with E-state index in [2.05, 4.69) is 46.3 Å². The van der Waals surface area contributed by atoms with Crippen LogP contribution in [0.15, 0.2) is 30.3 Å². The van der Waals surface area contributed by atoms with Gasteiger partial charge in [-0.15, -0.1) is 0 Å². The predicted molar refractivity (Wildman–Crippen MR) is 123 cm³/mol. The molecule has 5 nitrogen and oxygen atoms in total. The first-order chi connectivity index (χ1) is 15.0. The Morgan fingerprint density at radius 2 is 1.68 bits per heavy atom. The Bertz CT molecular complexity index is 732. The standard InChI is InChI=1S/C26H39N3O2/c1-3-19(2)26(31)29-17-22-15-28(16-23(22)18-29)14-13-24(20-9-5-4-6-10-20)27-25(30)21-11-7-8-12-21/h4-6,9-10,19,21-24H,3,7-8,11-18H2,1-2H3,(H,27,30)/t19-,22?,23?,24?/m0/s1. The van der Waals surface area contributed by atoms with E-state index >= 15 is 0 Å². The summed E-state index contributed by atoms with van der Waals surface area (Å²) in [6.07, 6.45) is 6.30. The zero-order valence-electron chi connectivity index (χ0n) is 19.3. The summed E-state index contributed by atoms with van der Waals surface area (Å²) in [4.78, 5) is 30.0. The molecule has 0 bridgehead atoms. The molecule has 3 unspecified atom stereocenters. The van der Waals surface area contributed by atoms with Crippen LogP contribution >= 0.6 is 0 Å². The van der Waals surface area contributed by atoms with Gasteiger partial charge in [-0.25, -0.2) is 0 Å². The van der Waals surface area contributed by atoms with Crippen LogP contribution in [0.4, 0.5) is 0 Å². The summed E-state index contributed by atoms with van der Waals surface area (Å²) >= 11 is 0. The van der Waals surface area contributed by atoms with Crippen molar-refractivity contribution in [3.63, 3.8) is 0 Å². The summed E-state index contributed by atoms with van der Waals surface area (Å²) in [7, 11) is 0. The smallest absolute Gasteiger partial charge is 0.225 e. The van der Waals surface area contributed by atoms with Gasteiger partial charge < -0.3 is 15.1 Å². The van der Waals surface area contributed by atoms with Crippen molar-refractivity contribution in [1.29, 1.82) is 0 Å². The zero-order chi connectivity index (χ0) is 21.8. The van der Waals surface area contributed by atoms with E-state index in [1.54, 1.807) is 0 Å². The molecule has 2 amide bonds. The highest BCUT2D eigenvalue weighted by atomic mass is 16.2. The first-order valence-electron chi connectivity index (χ1n) is 12.4. The molecule has 1 aromatic carbocycles. The van der Waals surface area contributed by atoms with E-state index in [1.165, 1.54) is 18.4 Å². The van der Waals surface area contributed by atoms with Gasteiger partial charge in [-0.1, -0.05) is 57.0 Å². The average Bonchev–Trinajstić information content (AvgIpc) is 3.52. The summed E-state index contributed by atoms with van der Waals surface area (Å²) in [5.41, 5.74) is 1.21. The summed E-state index contributed by atoms with van der Waals surface area (Å²) < 4.78 is 0. The van der Waals surface area contributed by atoms with Gasteiger partial charge >= 0.3 is 0 Å². The number of nitrogens with one attached hydrogen (secondary N) is 1. The van der Waals surface area contributed by atoms with E-state index < -0.39 is 0 Å². The molecule has 0 radical (unpaired) electrons. The molecule has 5 heteroatoms. The van der Waals surface area contributed by atoms with Gasteiger partial charge in [-0.2, -0.15) is 0 Å². The van der Waals surface area contributed by atoms with Crippen LogP contribution in [0.25, 0.3) is 0 Å². The molecule has 1 saturated carbocycles. The van der Waals surface area contributed by atoms with Crippen molar-refractivity contribution >= 4 is 11.8 Å². The lowest BCUT2D eigenvalue weighted by Gasteiger charge is -2.26. The maximum atomic E-state index is 12.8. The highest BCUT2D eigenvalue weighted by Crippen LogP contribution is 2.33. The van der Waals surface area contributed by atoms with Gasteiger partial charge in [0.2, 0.25) is 11.8 Å². The van der Waals surface area contributed by atoms with Crippen LogP contribution in [0.3, 0.4) is 0 Å². The number of hydrogen-bond acceptors (Lipinski definition) is 3. The summed E-state index contributed by atoms with van der Waals surface area (Å²) in [6.45, 7) is 9.13. The molecule has 1 aliphatic carbocycles. The lowest BCUT2D eigenvalue weighted by Crippen LogP contribution is -2.37. The topological polar surface area (TPSA) is 52.7 Å². The molecule has 3 aliphatic rings. The molecule has 2 heterocycles. The average molecular weight is 426 g/mol. The monoisotopic (exact) mass is 425 g/mol. The largest absolute Gasteiger partial charge is 0.349 e. The van der Waals surface area contributed by atoms with Crippen LogP contribution in [-0.2, 0) is 9.59 Å². The third kappa shape index (κ3) is 5.31. The van der Waals surface area contributed by atoms with Gasteiger partial charge in [0.25, 0.3) is 0 Å². The maximum Gasteiger partial charge on any atom is 0.225 e. The van der Waals surface area contributed by atoms with Crippen LogP contribution in [0.2, 0.25) is 0 Å². The second-order valence-electron chi connectivity index (χ2n) is 10.1. The minimum atomic E-state index is 0.0817. The number of carbonyl (C=O) groups is 2. The Morgan fingerprint density at radius 3 is 2.29 bits per heavy atom. The van der Waals surface area contributed by atoms with Gasteiger partial charge in [0.15, 0.2) is 0 Å².